The molecule has 4 heterocycles. The highest BCUT2D eigenvalue weighted by molar-refractivity contribution is 6.22. The summed E-state index contributed by atoms with van der Waals surface area (Å²) >= 11 is 0. The molecule has 4 nitrogen and oxygen atoms in total. The van der Waals surface area contributed by atoms with Crippen molar-refractivity contribution in [1.82, 2.24) is 19.9 Å². The normalized spacial score (nSPS) is 11.7. The van der Waals surface area contributed by atoms with Gasteiger partial charge in [-0.15, -0.1) is 0 Å². The van der Waals surface area contributed by atoms with Gasteiger partial charge in [-0.2, -0.15) is 0 Å². The molecule has 0 bridgehead atoms. The number of fused-ring (bicyclic) bond motifs is 6. The first-order valence-electron chi connectivity index (χ1n) is 18.2. The molecule has 250 valence electrons. The van der Waals surface area contributed by atoms with Crippen LogP contribution in [0.15, 0.2) is 183 Å². The smallest absolute Gasteiger partial charge is 0.0715 e. The van der Waals surface area contributed by atoms with Crippen LogP contribution in [0.25, 0.3) is 110 Å². The first kappa shape index (κ1) is 30.3. The van der Waals surface area contributed by atoms with Gasteiger partial charge in [0.2, 0.25) is 0 Å². The van der Waals surface area contributed by atoms with Crippen molar-refractivity contribution in [2.24, 2.45) is 0 Å². The molecule has 0 amide bonds. The Morgan fingerprint density at radius 1 is 0.296 bits per heavy atom. The zero-order chi connectivity index (χ0) is 35.6. The average Bonchev–Trinajstić information content (AvgIpc) is 3.23. The molecule has 0 N–H and O–H groups in total. The molecule has 0 saturated heterocycles. The maximum Gasteiger partial charge on any atom is 0.0715 e. The van der Waals surface area contributed by atoms with E-state index in [0.717, 1.165) is 88.1 Å². The Balaban J connectivity index is 1.18. The van der Waals surface area contributed by atoms with Crippen molar-refractivity contribution in [2.75, 3.05) is 0 Å². The molecule has 0 radical (unpaired) electrons. The molecule has 0 aliphatic carbocycles. The largest absolute Gasteiger partial charge is 0.264 e. The fourth-order valence-corrected chi connectivity index (χ4v) is 8.14. The highest BCUT2D eigenvalue weighted by Crippen LogP contribution is 2.45. The van der Waals surface area contributed by atoms with Gasteiger partial charge in [-0.1, -0.05) is 97.1 Å². The average molecular weight is 687 g/mol. The third-order valence-corrected chi connectivity index (χ3v) is 10.7. The van der Waals surface area contributed by atoms with E-state index in [-0.39, 0.29) is 0 Å². The van der Waals surface area contributed by atoms with Crippen LogP contribution in [0.1, 0.15) is 0 Å². The van der Waals surface area contributed by atoms with E-state index < -0.39 is 0 Å². The molecular formula is C50H30N4. The van der Waals surface area contributed by atoms with Gasteiger partial charge >= 0.3 is 0 Å². The molecular weight excluding hydrogens is 657 g/mol. The predicted octanol–water partition coefficient (Wildman–Crippen LogP) is 12.9. The van der Waals surface area contributed by atoms with E-state index in [2.05, 4.69) is 156 Å². The Kier molecular flexibility index (Phi) is 6.82. The van der Waals surface area contributed by atoms with Crippen LogP contribution in [0.3, 0.4) is 0 Å². The molecule has 11 rings (SSSR count). The van der Waals surface area contributed by atoms with E-state index >= 15 is 0 Å². The number of benzene rings is 7. The van der Waals surface area contributed by atoms with Crippen LogP contribution < -0.4 is 0 Å². The number of rotatable bonds is 4. The summed E-state index contributed by atoms with van der Waals surface area (Å²) in [6, 6.07) is 56.2. The summed E-state index contributed by atoms with van der Waals surface area (Å²) in [5, 5.41) is 11.6. The van der Waals surface area contributed by atoms with Crippen LogP contribution >= 0.6 is 0 Å². The van der Waals surface area contributed by atoms with Gasteiger partial charge in [0.05, 0.1) is 22.4 Å². The second-order valence-electron chi connectivity index (χ2n) is 13.9. The van der Waals surface area contributed by atoms with Crippen LogP contribution in [0.4, 0.5) is 0 Å². The Morgan fingerprint density at radius 3 is 1.19 bits per heavy atom. The number of hydrogen-bond donors (Lipinski definition) is 0. The molecule has 0 aliphatic heterocycles. The van der Waals surface area contributed by atoms with Crippen LogP contribution in [-0.2, 0) is 0 Å². The Labute approximate surface area is 311 Å². The fourth-order valence-electron chi connectivity index (χ4n) is 8.14. The lowest BCUT2D eigenvalue weighted by atomic mass is 9.85. The summed E-state index contributed by atoms with van der Waals surface area (Å²) in [6.45, 7) is 0. The molecule has 0 spiro atoms. The van der Waals surface area contributed by atoms with Crippen LogP contribution in [0.2, 0.25) is 0 Å². The highest BCUT2D eigenvalue weighted by Gasteiger charge is 2.19. The Hall–Kier alpha value is -7.30. The lowest BCUT2D eigenvalue weighted by molar-refractivity contribution is 1.33. The summed E-state index contributed by atoms with van der Waals surface area (Å²) in [4.78, 5) is 19.6. The third-order valence-electron chi connectivity index (χ3n) is 10.7. The van der Waals surface area contributed by atoms with Crippen molar-refractivity contribution in [3.8, 4) is 44.8 Å². The lowest BCUT2D eigenvalue weighted by Crippen LogP contribution is -1.94. The standard InChI is InChI=1S/C50H30N4/c1-3-9-33-27-47-35(23-31(33)7-1)15-19-45(53-47)37-13-17-41-43(25-37)50(40-12-6-22-52-30-40)44-26-38(14-18-42(44)49(41)39-11-5-21-51-29-39)46-20-16-36-24-32-8-2-4-10-34(32)28-48(36)54-46/h1-30H. The maximum absolute atomic E-state index is 5.21. The summed E-state index contributed by atoms with van der Waals surface area (Å²) in [5.74, 6) is 0. The van der Waals surface area contributed by atoms with Crippen molar-refractivity contribution in [2.45, 2.75) is 0 Å². The van der Waals surface area contributed by atoms with Gasteiger partial charge < -0.3 is 0 Å². The highest BCUT2D eigenvalue weighted by atomic mass is 14.7. The molecule has 0 aliphatic rings. The second-order valence-corrected chi connectivity index (χ2v) is 13.9. The molecule has 11 aromatic rings. The monoisotopic (exact) mass is 686 g/mol. The minimum Gasteiger partial charge on any atom is -0.264 e. The summed E-state index contributed by atoms with van der Waals surface area (Å²) in [5.41, 5.74) is 10.3. The van der Waals surface area contributed by atoms with Gasteiger partial charge in [0.1, 0.15) is 0 Å². The number of aromatic nitrogens is 4. The first-order chi connectivity index (χ1) is 26.7. The van der Waals surface area contributed by atoms with E-state index in [0.29, 0.717) is 0 Å². The molecule has 7 aromatic carbocycles. The maximum atomic E-state index is 5.21. The van der Waals surface area contributed by atoms with E-state index in [9.17, 15) is 0 Å². The van der Waals surface area contributed by atoms with Crippen LogP contribution in [0.5, 0.6) is 0 Å². The number of nitrogens with zero attached hydrogens (tertiary/aromatic N) is 4. The number of pyridine rings is 4. The molecule has 0 atom stereocenters. The third kappa shape index (κ3) is 5.00. The van der Waals surface area contributed by atoms with E-state index in [1.54, 1.807) is 0 Å². The van der Waals surface area contributed by atoms with Gasteiger partial charge in [-0.05, 0) is 115 Å². The molecule has 0 saturated carbocycles. The van der Waals surface area contributed by atoms with Gasteiger partial charge in [-0.25, -0.2) is 9.97 Å². The van der Waals surface area contributed by atoms with Crippen LogP contribution in [-0.4, -0.2) is 19.9 Å². The first-order valence-corrected chi connectivity index (χ1v) is 18.2. The SMILES string of the molecule is c1cncc(-c2c3ccc(-c4ccc5cc6ccccc6cc5n4)cc3c(-c3cccnc3)c3cc(-c4ccc5cc6ccccc6cc5n4)ccc23)c1. The van der Waals surface area contributed by atoms with Crippen molar-refractivity contribution in [1.29, 1.82) is 0 Å². The van der Waals surface area contributed by atoms with Crippen molar-refractivity contribution in [3.05, 3.63) is 183 Å². The fraction of sp³-hybridized carbons (Fsp3) is 0. The molecule has 4 heteroatoms. The van der Waals surface area contributed by atoms with Crippen LogP contribution in [0, 0.1) is 0 Å². The minimum absolute atomic E-state index is 0.932. The van der Waals surface area contributed by atoms with Gasteiger partial charge in [0.15, 0.2) is 0 Å². The Bertz CT molecular complexity index is 3090. The summed E-state index contributed by atoms with van der Waals surface area (Å²) < 4.78 is 0. The molecule has 54 heavy (non-hydrogen) atoms. The summed E-state index contributed by atoms with van der Waals surface area (Å²) in [6.07, 6.45) is 7.59. The summed E-state index contributed by atoms with van der Waals surface area (Å²) in [7, 11) is 0. The zero-order valence-electron chi connectivity index (χ0n) is 29.1. The molecule has 0 unspecified atom stereocenters. The van der Waals surface area contributed by atoms with Crippen molar-refractivity contribution < 1.29 is 0 Å². The number of hydrogen-bond acceptors (Lipinski definition) is 4. The molecule has 4 aromatic heterocycles. The van der Waals surface area contributed by atoms with Crippen molar-refractivity contribution in [3.63, 3.8) is 0 Å². The lowest BCUT2D eigenvalue weighted by Gasteiger charge is -2.19. The molecule has 0 fully saturated rings. The topological polar surface area (TPSA) is 51.6 Å². The quantitative estimate of drug-likeness (QED) is 0.173. The van der Waals surface area contributed by atoms with Gasteiger partial charge in [-0.3, -0.25) is 9.97 Å². The predicted molar refractivity (Wildman–Crippen MR) is 224 cm³/mol. The van der Waals surface area contributed by atoms with Gasteiger partial charge in [0.25, 0.3) is 0 Å². The van der Waals surface area contributed by atoms with E-state index in [1.165, 1.54) is 21.5 Å². The Morgan fingerprint density at radius 2 is 0.741 bits per heavy atom. The van der Waals surface area contributed by atoms with Crippen molar-refractivity contribution >= 4 is 64.9 Å². The second kappa shape index (κ2) is 12.1. The minimum atomic E-state index is 0.932. The van der Waals surface area contributed by atoms with Gasteiger partial charge in [0, 0.05) is 57.8 Å². The van der Waals surface area contributed by atoms with E-state index in [4.69, 9.17) is 9.97 Å². The zero-order valence-corrected chi connectivity index (χ0v) is 29.1. The van der Waals surface area contributed by atoms with E-state index in [1.807, 2.05) is 36.9 Å².